The van der Waals surface area contributed by atoms with E-state index in [9.17, 15) is 4.79 Å². The molecule has 0 radical (unpaired) electrons. The molecule has 0 spiro atoms. The minimum Gasteiger partial charge on any atom is -0.399 e. The molecule has 21 heavy (non-hydrogen) atoms. The maximum Gasteiger partial charge on any atom is 0.237 e. The summed E-state index contributed by atoms with van der Waals surface area (Å²) in [6, 6.07) is 14.0. The number of amides is 1. The van der Waals surface area contributed by atoms with Gasteiger partial charge in [-0.15, -0.1) is 11.8 Å². The van der Waals surface area contributed by atoms with Gasteiger partial charge in [0.15, 0.2) is 0 Å². The molecule has 0 bridgehead atoms. The van der Waals surface area contributed by atoms with Gasteiger partial charge in [0.25, 0.3) is 0 Å². The van der Waals surface area contributed by atoms with E-state index in [0.29, 0.717) is 0 Å². The molecule has 0 fully saturated rings. The third-order valence-corrected chi connectivity index (χ3v) is 5.02. The lowest BCUT2D eigenvalue weighted by Gasteiger charge is -2.13. The van der Waals surface area contributed by atoms with Crippen molar-refractivity contribution in [2.45, 2.75) is 29.9 Å². The minimum absolute atomic E-state index is 0.0691. The number of nitrogens with one attached hydrogen (secondary N) is 1. The van der Waals surface area contributed by atoms with E-state index >= 15 is 0 Å². The summed E-state index contributed by atoms with van der Waals surface area (Å²) < 4.78 is 0. The first-order chi connectivity index (χ1) is 10.1. The molecule has 1 amide bonds. The van der Waals surface area contributed by atoms with Crippen molar-refractivity contribution in [2.75, 3.05) is 11.1 Å². The fourth-order valence-corrected chi connectivity index (χ4v) is 3.61. The molecule has 1 heterocycles. The molecule has 1 unspecified atom stereocenters. The van der Waals surface area contributed by atoms with E-state index in [0.717, 1.165) is 34.7 Å². The molecule has 3 N–H and O–H groups in total. The highest BCUT2D eigenvalue weighted by Crippen LogP contribution is 2.32. The summed E-state index contributed by atoms with van der Waals surface area (Å²) in [5, 5.41) is 2.97. The standard InChI is InChI=1S/C17H18N2OS/c1-11-10-13(7-8-14(11)18)21-16-9-6-12-4-2-3-5-15(12)19-17(16)20/h2-5,7-8,10,16H,6,9,18H2,1H3,(H,19,20). The van der Waals surface area contributed by atoms with Gasteiger partial charge in [-0.1, -0.05) is 18.2 Å². The number of rotatable bonds is 2. The van der Waals surface area contributed by atoms with Crippen molar-refractivity contribution in [2.24, 2.45) is 0 Å². The number of hydrogen-bond acceptors (Lipinski definition) is 3. The Morgan fingerprint density at radius 1 is 1.24 bits per heavy atom. The third kappa shape index (κ3) is 3.05. The van der Waals surface area contributed by atoms with Crippen LogP contribution < -0.4 is 11.1 Å². The summed E-state index contributed by atoms with van der Waals surface area (Å²) in [6.45, 7) is 1.99. The van der Waals surface area contributed by atoms with E-state index < -0.39 is 0 Å². The van der Waals surface area contributed by atoms with Crippen LogP contribution in [-0.4, -0.2) is 11.2 Å². The monoisotopic (exact) mass is 298 g/mol. The van der Waals surface area contributed by atoms with Crippen LogP contribution >= 0.6 is 11.8 Å². The van der Waals surface area contributed by atoms with E-state index in [1.54, 1.807) is 11.8 Å². The Hall–Kier alpha value is -1.94. The molecule has 108 valence electrons. The van der Waals surface area contributed by atoms with Gasteiger partial charge in [-0.2, -0.15) is 0 Å². The van der Waals surface area contributed by atoms with E-state index in [2.05, 4.69) is 11.4 Å². The van der Waals surface area contributed by atoms with Gasteiger partial charge in [0.2, 0.25) is 5.91 Å². The van der Waals surface area contributed by atoms with Crippen molar-refractivity contribution >= 4 is 29.0 Å². The van der Waals surface area contributed by atoms with Gasteiger partial charge in [0.05, 0.1) is 5.25 Å². The Balaban J connectivity index is 1.78. The van der Waals surface area contributed by atoms with Crippen molar-refractivity contribution < 1.29 is 4.79 Å². The maximum atomic E-state index is 12.4. The van der Waals surface area contributed by atoms with Crippen LogP contribution in [0.15, 0.2) is 47.4 Å². The molecule has 4 heteroatoms. The zero-order valence-corrected chi connectivity index (χ0v) is 12.7. The number of benzene rings is 2. The fourth-order valence-electron chi connectivity index (χ4n) is 2.49. The zero-order valence-electron chi connectivity index (χ0n) is 11.9. The van der Waals surface area contributed by atoms with Gasteiger partial charge in [-0.25, -0.2) is 0 Å². The first kappa shape index (κ1) is 14.0. The summed E-state index contributed by atoms with van der Waals surface area (Å²) in [6.07, 6.45) is 1.76. The van der Waals surface area contributed by atoms with Gasteiger partial charge < -0.3 is 11.1 Å². The predicted molar refractivity (Wildman–Crippen MR) is 88.6 cm³/mol. The second-order valence-corrected chi connectivity index (χ2v) is 6.59. The maximum absolute atomic E-state index is 12.4. The lowest BCUT2D eigenvalue weighted by atomic mass is 10.1. The number of carbonyl (C=O) groups excluding carboxylic acids is 1. The zero-order chi connectivity index (χ0) is 14.8. The number of aryl methyl sites for hydroxylation is 2. The molecule has 0 aromatic heterocycles. The number of hydrogen-bond donors (Lipinski definition) is 2. The fraction of sp³-hybridized carbons (Fsp3) is 0.235. The SMILES string of the molecule is Cc1cc(SC2CCc3ccccc3NC2=O)ccc1N. The van der Waals surface area contributed by atoms with E-state index in [-0.39, 0.29) is 11.2 Å². The van der Waals surface area contributed by atoms with Crippen molar-refractivity contribution in [3.63, 3.8) is 0 Å². The molecule has 1 aliphatic rings. The molecule has 0 saturated heterocycles. The van der Waals surface area contributed by atoms with E-state index in [1.807, 2.05) is 43.3 Å². The van der Waals surface area contributed by atoms with Crippen molar-refractivity contribution in [1.82, 2.24) is 0 Å². The van der Waals surface area contributed by atoms with Crippen LogP contribution in [0.2, 0.25) is 0 Å². The van der Waals surface area contributed by atoms with E-state index in [4.69, 9.17) is 5.73 Å². The quantitative estimate of drug-likeness (QED) is 0.833. The molecule has 1 atom stereocenters. The van der Waals surface area contributed by atoms with Crippen LogP contribution in [0.25, 0.3) is 0 Å². The van der Waals surface area contributed by atoms with Crippen LogP contribution in [0.5, 0.6) is 0 Å². The third-order valence-electron chi connectivity index (χ3n) is 3.76. The molecule has 1 aliphatic heterocycles. The van der Waals surface area contributed by atoms with Crippen LogP contribution in [0.3, 0.4) is 0 Å². The number of fused-ring (bicyclic) bond motifs is 1. The highest BCUT2D eigenvalue weighted by Gasteiger charge is 2.24. The molecule has 0 aliphatic carbocycles. The molecule has 2 aromatic carbocycles. The highest BCUT2D eigenvalue weighted by molar-refractivity contribution is 8.00. The number of thioether (sulfide) groups is 1. The highest BCUT2D eigenvalue weighted by atomic mass is 32.2. The van der Waals surface area contributed by atoms with Crippen molar-refractivity contribution in [3.05, 3.63) is 53.6 Å². The lowest BCUT2D eigenvalue weighted by Crippen LogP contribution is -2.23. The van der Waals surface area contributed by atoms with Gasteiger partial charge in [-0.3, -0.25) is 4.79 Å². The van der Waals surface area contributed by atoms with Crippen LogP contribution in [0.1, 0.15) is 17.5 Å². The Labute approximate surface area is 128 Å². The van der Waals surface area contributed by atoms with Gasteiger partial charge in [0, 0.05) is 16.3 Å². The average molecular weight is 298 g/mol. The van der Waals surface area contributed by atoms with Gasteiger partial charge >= 0.3 is 0 Å². The van der Waals surface area contributed by atoms with Crippen LogP contribution in [0, 0.1) is 6.92 Å². The van der Waals surface area contributed by atoms with Crippen molar-refractivity contribution in [3.8, 4) is 0 Å². The Kier molecular flexibility index (Phi) is 3.88. The van der Waals surface area contributed by atoms with Gasteiger partial charge in [0.1, 0.15) is 0 Å². The topological polar surface area (TPSA) is 55.1 Å². The molecule has 2 aromatic rings. The molecule has 3 nitrogen and oxygen atoms in total. The number of nitrogen functional groups attached to an aromatic ring is 1. The van der Waals surface area contributed by atoms with E-state index in [1.165, 1.54) is 5.56 Å². The molecular formula is C17H18N2OS. The van der Waals surface area contributed by atoms with Crippen LogP contribution in [-0.2, 0) is 11.2 Å². The predicted octanol–water partition coefficient (Wildman–Crippen LogP) is 3.62. The average Bonchev–Trinajstić information content (AvgIpc) is 2.63. The molecule has 0 saturated carbocycles. The Morgan fingerprint density at radius 3 is 2.86 bits per heavy atom. The first-order valence-electron chi connectivity index (χ1n) is 7.05. The molecule has 3 rings (SSSR count). The lowest BCUT2D eigenvalue weighted by molar-refractivity contribution is -0.115. The number of nitrogens with two attached hydrogens (primary N) is 1. The summed E-state index contributed by atoms with van der Waals surface area (Å²) in [5.74, 6) is 0.0828. The minimum atomic E-state index is -0.0691. The first-order valence-corrected chi connectivity index (χ1v) is 7.93. The second kappa shape index (κ2) is 5.82. The summed E-state index contributed by atoms with van der Waals surface area (Å²) in [4.78, 5) is 13.5. The van der Waals surface area contributed by atoms with Crippen LogP contribution in [0.4, 0.5) is 11.4 Å². The number of anilines is 2. The normalized spacial score (nSPS) is 17.8. The number of carbonyl (C=O) groups is 1. The largest absolute Gasteiger partial charge is 0.399 e. The Morgan fingerprint density at radius 2 is 2.05 bits per heavy atom. The molecular weight excluding hydrogens is 280 g/mol. The summed E-state index contributed by atoms with van der Waals surface area (Å²) in [7, 11) is 0. The smallest absolute Gasteiger partial charge is 0.237 e. The second-order valence-electron chi connectivity index (χ2n) is 5.31. The van der Waals surface area contributed by atoms with Gasteiger partial charge in [-0.05, 0) is 55.2 Å². The summed E-state index contributed by atoms with van der Waals surface area (Å²) in [5.41, 5.74) is 9.84. The Bertz CT molecular complexity index is 684. The van der Waals surface area contributed by atoms with Crippen molar-refractivity contribution in [1.29, 1.82) is 0 Å². The summed E-state index contributed by atoms with van der Waals surface area (Å²) >= 11 is 1.61. The number of para-hydroxylation sites is 1.